The summed E-state index contributed by atoms with van der Waals surface area (Å²) in [6.07, 6.45) is 0.948. The molecule has 1 atom stereocenters. The monoisotopic (exact) mass is 353 g/mol. The Balaban J connectivity index is 2.21. The van der Waals surface area contributed by atoms with Crippen molar-refractivity contribution in [3.05, 3.63) is 34.1 Å². The molecule has 1 unspecified atom stereocenters. The number of ether oxygens (including phenoxy) is 1. The first-order chi connectivity index (χ1) is 9.94. The maximum atomic E-state index is 6.21. The fraction of sp³-hybridized carbons (Fsp3) is 0.467. The Morgan fingerprint density at radius 1 is 1.43 bits per heavy atom. The number of hydrogen-bond donors (Lipinski definition) is 1. The molecule has 0 bridgehead atoms. The number of aryl methyl sites for hydroxylation is 1. The quantitative estimate of drug-likeness (QED) is 0.805. The second-order valence-electron chi connectivity index (χ2n) is 5.38. The van der Waals surface area contributed by atoms with E-state index in [-0.39, 0.29) is 0 Å². The van der Waals surface area contributed by atoms with Crippen LogP contribution in [0.5, 0.6) is 0 Å². The predicted molar refractivity (Wildman–Crippen MR) is 84.8 cm³/mol. The molecule has 0 saturated carbocycles. The van der Waals surface area contributed by atoms with E-state index in [0.717, 1.165) is 22.0 Å². The zero-order valence-corrected chi connectivity index (χ0v) is 14.1. The Labute approximate surface area is 133 Å². The number of nitrogens with two attached hydrogens (primary N) is 1. The van der Waals surface area contributed by atoms with Gasteiger partial charge in [0.05, 0.1) is 12.2 Å². The minimum absolute atomic E-state index is 0.356. The van der Waals surface area contributed by atoms with E-state index in [1.165, 1.54) is 0 Å². The number of rotatable bonds is 6. The molecular weight excluding hydrogens is 334 g/mol. The molecule has 0 aliphatic rings. The van der Waals surface area contributed by atoms with Crippen LogP contribution in [0.3, 0.4) is 0 Å². The van der Waals surface area contributed by atoms with Gasteiger partial charge >= 0.3 is 0 Å². The summed E-state index contributed by atoms with van der Waals surface area (Å²) in [5.74, 6) is 0.894. The number of aromatic nitrogens is 2. The molecule has 1 aromatic carbocycles. The smallest absolute Gasteiger partial charge is 0.259 e. The minimum atomic E-state index is -0.770. The van der Waals surface area contributed by atoms with Crippen molar-refractivity contribution in [3.8, 4) is 11.5 Å². The Bertz CT molecular complexity index is 611. The van der Waals surface area contributed by atoms with Crippen LogP contribution in [0.4, 0.5) is 0 Å². The number of halogens is 1. The Morgan fingerprint density at radius 3 is 2.86 bits per heavy atom. The topological polar surface area (TPSA) is 74.2 Å². The number of benzene rings is 1. The van der Waals surface area contributed by atoms with Crippen LogP contribution in [0.15, 0.2) is 27.2 Å². The van der Waals surface area contributed by atoms with Gasteiger partial charge in [0.2, 0.25) is 0 Å². The summed E-state index contributed by atoms with van der Waals surface area (Å²) in [6.45, 7) is 6.93. The molecule has 2 aromatic rings. The van der Waals surface area contributed by atoms with Crippen LogP contribution in [0.1, 0.15) is 31.7 Å². The van der Waals surface area contributed by atoms with E-state index in [0.29, 0.717) is 24.9 Å². The Morgan fingerprint density at radius 2 is 2.19 bits per heavy atom. The number of nitrogens with zero attached hydrogens (tertiary/aromatic N) is 2. The maximum Gasteiger partial charge on any atom is 0.259 e. The van der Waals surface area contributed by atoms with Gasteiger partial charge in [0, 0.05) is 11.1 Å². The van der Waals surface area contributed by atoms with Gasteiger partial charge in [0.1, 0.15) is 5.54 Å². The van der Waals surface area contributed by atoms with Gasteiger partial charge in [-0.15, -0.1) is 0 Å². The highest BCUT2D eigenvalue weighted by atomic mass is 79.9. The molecule has 0 aliphatic heterocycles. The SMILES string of the molecule is CCCOCC(C)(N)c1noc(-c2ccc(C)cc2Br)n1. The minimum Gasteiger partial charge on any atom is -0.379 e. The summed E-state index contributed by atoms with van der Waals surface area (Å²) in [5.41, 5.74) is 7.45. The molecule has 114 valence electrons. The van der Waals surface area contributed by atoms with Gasteiger partial charge in [-0.25, -0.2) is 0 Å². The summed E-state index contributed by atoms with van der Waals surface area (Å²) in [7, 11) is 0. The van der Waals surface area contributed by atoms with Crippen molar-refractivity contribution in [2.75, 3.05) is 13.2 Å². The summed E-state index contributed by atoms with van der Waals surface area (Å²) >= 11 is 3.51. The summed E-state index contributed by atoms with van der Waals surface area (Å²) in [5, 5.41) is 3.99. The second-order valence-corrected chi connectivity index (χ2v) is 6.23. The first-order valence-corrected chi connectivity index (χ1v) is 7.70. The van der Waals surface area contributed by atoms with Crippen molar-refractivity contribution in [2.24, 2.45) is 5.73 Å². The van der Waals surface area contributed by atoms with Crippen LogP contribution in [-0.2, 0) is 10.3 Å². The van der Waals surface area contributed by atoms with E-state index in [4.69, 9.17) is 15.0 Å². The molecule has 0 amide bonds. The van der Waals surface area contributed by atoms with Crippen molar-refractivity contribution < 1.29 is 9.26 Å². The molecule has 2 N–H and O–H groups in total. The average molecular weight is 354 g/mol. The second kappa shape index (κ2) is 6.68. The van der Waals surface area contributed by atoms with Crippen molar-refractivity contribution in [3.63, 3.8) is 0 Å². The van der Waals surface area contributed by atoms with E-state index in [1.807, 2.05) is 32.0 Å². The molecule has 1 heterocycles. The highest BCUT2D eigenvalue weighted by Gasteiger charge is 2.28. The molecule has 6 heteroatoms. The summed E-state index contributed by atoms with van der Waals surface area (Å²) in [6, 6.07) is 5.94. The summed E-state index contributed by atoms with van der Waals surface area (Å²) in [4.78, 5) is 4.41. The molecule has 2 rings (SSSR count). The van der Waals surface area contributed by atoms with Gasteiger partial charge < -0.3 is 15.0 Å². The van der Waals surface area contributed by atoms with Crippen LogP contribution < -0.4 is 5.73 Å². The van der Waals surface area contributed by atoms with Crippen LogP contribution >= 0.6 is 15.9 Å². The lowest BCUT2D eigenvalue weighted by molar-refractivity contribution is 0.0867. The Hall–Kier alpha value is -1.24. The van der Waals surface area contributed by atoms with E-state index in [2.05, 4.69) is 33.0 Å². The lowest BCUT2D eigenvalue weighted by Gasteiger charge is -2.19. The zero-order valence-electron chi connectivity index (χ0n) is 12.5. The normalized spacial score (nSPS) is 14.1. The predicted octanol–water partition coefficient (Wildman–Crippen LogP) is 3.41. The summed E-state index contributed by atoms with van der Waals surface area (Å²) < 4.78 is 11.8. The average Bonchev–Trinajstić information content (AvgIpc) is 2.89. The van der Waals surface area contributed by atoms with Crippen molar-refractivity contribution in [2.45, 2.75) is 32.7 Å². The van der Waals surface area contributed by atoms with Crippen LogP contribution in [0, 0.1) is 6.92 Å². The van der Waals surface area contributed by atoms with Gasteiger partial charge in [-0.1, -0.05) is 18.1 Å². The highest BCUT2D eigenvalue weighted by Crippen LogP contribution is 2.29. The van der Waals surface area contributed by atoms with Crippen molar-refractivity contribution >= 4 is 15.9 Å². The molecular formula is C15H20BrN3O2. The maximum absolute atomic E-state index is 6.21. The van der Waals surface area contributed by atoms with Gasteiger partial charge in [-0.3, -0.25) is 0 Å². The Kier molecular flexibility index (Phi) is 5.13. The number of hydrogen-bond acceptors (Lipinski definition) is 5. The van der Waals surface area contributed by atoms with E-state index in [1.54, 1.807) is 0 Å². The lowest BCUT2D eigenvalue weighted by atomic mass is 10.1. The van der Waals surface area contributed by atoms with E-state index < -0.39 is 5.54 Å². The third kappa shape index (κ3) is 3.90. The molecule has 5 nitrogen and oxygen atoms in total. The van der Waals surface area contributed by atoms with Crippen molar-refractivity contribution in [1.82, 2.24) is 10.1 Å². The molecule has 0 aliphatic carbocycles. The molecule has 0 saturated heterocycles. The van der Waals surface area contributed by atoms with E-state index >= 15 is 0 Å². The first kappa shape index (κ1) is 16.1. The lowest BCUT2D eigenvalue weighted by Crippen LogP contribution is -2.39. The third-order valence-electron chi connectivity index (χ3n) is 3.04. The van der Waals surface area contributed by atoms with Gasteiger partial charge in [0.15, 0.2) is 5.82 Å². The molecule has 0 spiro atoms. The zero-order chi connectivity index (χ0) is 15.5. The largest absolute Gasteiger partial charge is 0.379 e. The van der Waals surface area contributed by atoms with Crippen LogP contribution in [0.2, 0.25) is 0 Å². The molecule has 0 fully saturated rings. The molecule has 1 aromatic heterocycles. The standard InChI is InChI=1S/C15H20BrN3O2/c1-4-7-20-9-15(3,17)14-18-13(21-19-14)11-6-5-10(2)8-12(11)16/h5-6,8H,4,7,9,17H2,1-3H3. The van der Waals surface area contributed by atoms with Gasteiger partial charge in [-0.05, 0) is 53.9 Å². The highest BCUT2D eigenvalue weighted by molar-refractivity contribution is 9.10. The fourth-order valence-corrected chi connectivity index (χ4v) is 2.51. The van der Waals surface area contributed by atoms with E-state index in [9.17, 15) is 0 Å². The fourth-order valence-electron chi connectivity index (χ4n) is 1.85. The molecule has 0 radical (unpaired) electrons. The first-order valence-electron chi connectivity index (χ1n) is 6.91. The van der Waals surface area contributed by atoms with Crippen LogP contribution in [0.25, 0.3) is 11.5 Å². The van der Waals surface area contributed by atoms with Crippen LogP contribution in [-0.4, -0.2) is 23.4 Å². The molecule has 21 heavy (non-hydrogen) atoms. The van der Waals surface area contributed by atoms with Gasteiger partial charge in [-0.2, -0.15) is 4.98 Å². The van der Waals surface area contributed by atoms with Crippen molar-refractivity contribution in [1.29, 1.82) is 0 Å². The van der Waals surface area contributed by atoms with Gasteiger partial charge in [0.25, 0.3) is 5.89 Å². The third-order valence-corrected chi connectivity index (χ3v) is 3.70.